The highest BCUT2D eigenvalue weighted by Crippen LogP contribution is 2.23. The van der Waals surface area contributed by atoms with Crippen LogP contribution in [0.2, 0.25) is 0 Å². The van der Waals surface area contributed by atoms with Gasteiger partial charge in [-0.3, -0.25) is 18.7 Å². The Labute approximate surface area is 184 Å². The van der Waals surface area contributed by atoms with Gasteiger partial charge < -0.3 is 10.6 Å². The summed E-state index contributed by atoms with van der Waals surface area (Å²) in [5.41, 5.74) is 1.86. The Morgan fingerprint density at radius 1 is 0.844 bits per heavy atom. The molecular weight excluding hydrogens is 406 g/mol. The highest BCUT2D eigenvalue weighted by molar-refractivity contribution is 6.03. The highest BCUT2D eigenvalue weighted by Gasteiger charge is 2.14. The molecule has 0 fully saturated rings. The van der Waals surface area contributed by atoms with Gasteiger partial charge in [-0.1, -0.05) is 36.4 Å². The maximum absolute atomic E-state index is 12.4. The van der Waals surface area contributed by atoms with Gasteiger partial charge >= 0.3 is 5.69 Å². The fourth-order valence-corrected chi connectivity index (χ4v) is 3.83. The van der Waals surface area contributed by atoms with Crippen LogP contribution in [0.25, 0.3) is 21.9 Å². The minimum absolute atomic E-state index is 0.0207. The van der Waals surface area contributed by atoms with Crippen LogP contribution in [-0.4, -0.2) is 25.9 Å². The number of aryl methyl sites for hydroxylation is 2. The molecule has 0 unspecified atom stereocenters. The Morgan fingerprint density at radius 2 is 1.53 bits per heavy atom. The van der Waals surface area contributed by atoms with E-state index in [0.29, 0.717) is 24.6 Å². The third kappa shape index (κ3) is 4.12. The molecule has 4 rings (SSSR count). The van der Waals surface area contributed by atoms with Crippen molar-refractivity contribution in [1.82, 2.24) is 14.1 Å². The molecule has 32 heavy (non-hydrogen) atoms. The van der Waals surface area contributed by atoms with Gasteiger partial charge in [0.15, 0.2) is 5.65 Å². The number of fused-ring (bicyclic) bond motifs is 2. The summed E-state index contributed by atoms with van der Waals surface area (Å²) in [7, 11) is 0. The van der Waals surface area contributed by atoms with Gasteiger partial charge in [0.25, 0.3) is 0 Å². The van der Waals surface area contributed by atoms with E-state index in [0.717, 1.165) is 22.0 Å². The van der Waals surface area contributed by atoms with Crippen LogP contribution in [0.5, 0.6) is 0 Å². The SMILES string of the molecule is CCn1c(=O)n(CC)c2nc(NC(=O)CCC(=O)Nc3cccc4ccccc34)ccc21. The van der Waals surface area contributed by atoms with E-state index in [4.69, 9.17) is 0 Å². The molecule has 0 spiro atoms. The number of hydrogen-bond donors (Lipinski definition) is 2. The second-order valence-electron chi connectivity index (χ2n) is 7.43. The maximum atomic E-state index is 12.4. The first kappa shape index (κ1) is 21.3. The van der Waals surface area contributed by atoms with Crippen LogP contribution in [0.15, 0.2) is 59.4 Å². The molecular formula is C24H25N5O3. The van der Waals surface area contributed by atoms with Gasteiger partial charge in [-0.15, -0.1) is 0 Å². The third-order valence-electron chi connectivity index (χ3n) is 5.41. The van der Waals surface area contributed by atoms with Crippen molar-refractivity contribution >= 4 is 45.3 Å². The molecule has 0 aliphatic rings. The van der Waals surface area contributed by atoms with Crippen molar-refractivity contribution in [3.63, 3.8) is 0 Å². The minimum atomic E-state index is -0.315. The zero-order valence-electron chi connectivity index (χ0n) is 18.1. The van der Waals surface area contributed by atoms with Crippen molar-refractivity contribution in [2.75, 3.05) is 10.6 Å². The Bertz CT molecular complexity index is 1360. The summed E-state index contributed by atoms with van der Waals surface area (Å²) in [6.45, 7) is 4.81. The van der Waals surface area contributed by atoms with Crippen molar-refractivity contribution in [3.05, 3.63) is 65.1 Å². The summed E-state index contributed by atoms with van der Waals surface area (Å²) in [6.07, 6.45) is 0.0655. The van der Waals surface area contributed by atoms with E-state index in [1.807, 2.05) is 56.3 Å². The van der Waals surface area contributed by atoms with Gasteiger partial charge in [0, 0.05) is 37.0 Å². The summed E-state index contributed by atoms with van der Waals surface area (Å²) in [6, 6.07) is 16.9. The van der Waals surface area contributed by atoms with Crippen molar-refractivity contribution < 1.29 is 9.59 Å². The van der Waals surface area contributed by atoms with Crippen LogP contribution in [0.4, 0.5) is 11.5 Å². The molecule has 8 heteroatoms. The largest absolute Gasteiger partial charge is 0.330 e. The van der Waals surface area contributed by atoms with E-state index >= 15 is 0 Å². The van der Waals surface area contributed by atoms with Crippen LogP contribution >= 0.6 is 0 Å². The minimum Gasteiger partial charge on any atom is -0.326 e. The number of carbonyl (C=O) groups excluding carboxylic acids is 2. The number of benzene rings is 2. The average Bonchev–Trinajstić information content (AvgIpc) is 3.07. The van der Waals surface area contributed by atoms with Gasteiger partial charge in [0.05, 0.1) is 5.52 Å². The molecule has 0 saturated heterocycles. The average molecular weight is 431 g/mol. The molecule has 0 aliphatic carbocycles. The Balaban J connectivity index is 1.41. The molecule has 0 radical (unpaired) electrons. The second kappa shape index (κ2) is 9.05. The van der Waals surface area contributed by atoms with E-state index in [-0.39, 0.29) is 30.3 Å². The van der Waals surface area contributed by atoms with Crippen LogP contribution in [0, 0.1) is 0 Å². The van der Waals surface area contributed by atoms with Gasteiger partial charge in [-0.05, 0) is 37.4 Å². The number of carbonyl (C=O) groups is 2. The first-order valence-electron chi connectivity index (χ1n) is 10.7. The van der Waals surface area contributed by atoms with Gasteiger partial charge in [-0.25, -0.2) is 9.78 Å². The molecule has 2 N–H and O–H groups in total. The number of nitrogens with zero attached hydrogens (tertiary/aromatic N) is 3. The molecule has 2 heterocycles. The zero-order valence-corrected chi connectivity index (χ0v) is 18.1. The Kier molecular flexibility index (Phi) is 6.02. The summed E-state index contributed by atoms with van der Waals surface area (Å²) in [5.74, 6) is -0.197. The predicted octanol–water partition coefficient (Wildman–Crippen LogP) is 3.75. The Hall–Kier alpha value is -3.94. The van der Waals surface area contributed by atoms with E-state index in [9.17, 15) is 14.4 Å². The van der Waals surface area contributed by atoms with Crippen molar-refractivity contribution in [1.29, 1.82) is 0 Å². The van der Waals surface area contributed by atoms with Gasteiger partial charge in [-0.2, -0.15) is 0 Å². The van der Waals surface area contributed by atoms with E-state index < -0.39 is 0 Å². The van der Waals surface area contributed by atoms with Crippen LogP contribution in [0.1, 0.15) is 26.7 Å². The number of hydrogen-bond acceptors (Lipinski definition) is 4. The van der Waals surface area contributed by atoms with E-state index in [2.05, 4.69) is 15.6 Å². The first-order valence-corrected chi connectivity index (χ1v) is 10.7. The lowest BCUT2D eigenvalue weighted by atomic mass is 10.1. The fourth-order valence-electron chi connectivity index (χ4n) is 3.83. The summed E-state index contributed by atoms with van der Waals surface area (Å²) in [4.78, 5) is 41.7. The number of imidazole rings is 1. The second-order valence-corrected chi connectivity index (χ2v) is 7.43. The quantitative estimate of drug-likeness (QED) is 0.466. The molecule has 4 aromatic rings. The number of rotatable bonds is 7. The molecule has 0 saturated carbocycles. The van der Waals surface area contributed by atoms with Crippen LogP contribution in [0.3, 0.4) is 0 Å². The van der Waals surface area contributed by atoms with E-state index in [1.54, 1.807) is 21.3 Å². The van der Waals surface area contributed by atoms with Gasteiger partial charge in [0.1, 0.15) is 5.82 Å². The summed E-state index contributed by atoms with van der Waals surface area (Å²) in [5, 5.41) is 7.59. The molecule has 8 nitrogen and oxygen atoms in total. The first-order chi connectivity index (χ1) is 15.5. The van der Waals surface area contributed by atoms with Crippen LogP contribution in [-0.2, 0) is 22.7 Å². The number of pyridine rings is 1. The standard InChI is InChI=1S/C24H25N5O3/c1-3-28-19-12-13-20(27-23(19)29(4-2)24(28)32)26-22(31)15-14-21(30)25-18-11-7-9-16-8-5-6-10-17(16)18/h5-13H,3-4,14-15H2,1-2H3,(H,25,30)(H,26,27,31). The number of nitrogens with one attached hydrogen (secondary N) is 2. The molecule has 2 amide bonds. The van der Waals surface area contributed by atoms with Crippen molar-refractivity contribution in [3.8, 4) is 0 Å². The molecule has 2 aromatic carbocycles. The highest BCUT2D eigenvalue weighted by atomic mass is 16.2. The van der Waals surface area contributed by atoms with Crippen molar-refractivity contribution in [2.45, 2.75) is 39.8 Å². The molecule has 0 atom stereocenters. The fraction of sp³-hybridized carbons (Fsp3) is 0.250. The lowest BCUT2D eigenvalue weighted by Gasteiger charge is -2.09. The monoisotopic (exact) mass is 431 g/mol. The van der Waals surface area contributed by atoms with Crippen LogP contribution < -0.4 is 16.3 Å². The lowest BCUT2D eigenvalue weighted by Crippen LogP contribution is -2.23. The summed E-state index contributed by atoms with van der Waals surface area (Å²) >= 11 is 0. The number of amides is 2. The zero-order chi connectivity index (χ0) is 22.7. The maximum Gasteiger partial charge on any atom is 0.330 e. The lowest BCUT2D eigenvalue weighted by molar-refractivity contribution is -0.121. The van der Waals surface area contributed by atoms with E-state index in [1.165, 1.54) is 0 Å². The predicted molar refractivity (Wildman–Crippen MR) is 126 cm³/mol. The molecule has 2 aromatic heterocycles. The number of aromatic nitrogens is 3. The molecule has 0 aliphatic heterocycles. The van der Waals surface area contributed by atoms with Gasteiger partial charge in [0.2, 0.25) is 11.8 Å². The molecule has 164 valence electrons. The van der Waals surface area contributed by atoms with Crippen molar-refractivity contribution in [2.24, 2.45) is 0 Å². The Morgan fingerprint density at radius 3 is 2.28 bits per heavy atom. The topological polar surface area (TPSA) is 98.0 Å². The summed E-state index contributed by atoms with van der Waals surface area (Å²) < 4.78 is 3.22. The normalized spacial score (nSPS) is 11.1. The smallest absolute Gasteiger partial charge is 0.326 e. The third-order valence-corrected chi connectivity index (χ3v) is 5.41. The molecule has 0 bridgehead atoms. The number of anilines is 2.